The molecular weight excluding hydrogens is 502 g/mol. The van der Waals surface area contributed by atoms with Crippen molar-refractivity contribution in [2.45, 2.75) is 49.7 Å². The molecule has 0 bridgehead atoms. The zero-order valence-electron chi connectivity index (χ0n) is 20.8. The SMILES string of the molecule is CC(C)Sc1ccc(N2N=C(C=O)CCC3=C2c2cc(NC(=O)c4ccccc4Cl)ccc2CC3)cc1. The minimum Gasteiger partial charge on any atom is -0.322 e. The van der Waals surface area contributed by atoms with Crippen LogP contribution in [0.25, 0.3) is 5.70 Å². The van der Waals surface area contributed by atoms with Crippen molar-refractivity contribution in [3.8, 4) is 0 Å². The second-order valence-corrected chi connectivity index (χ2v) is 11.5. The number of fused-ring (bicyclic) bond motifs is 2. The minimum atomic E-state index is -0.257. The van der Waals surface area contributed by atoms with Crippen LogP contribution in [-0.4, -0.2) is 23.2 Å². The quantitative estimate of drug-likeness (QED) is 0.264. The highest BCUT2D eigenvalue weighted by Crippen LogP contribution is 2.41. The highest BCUT2D eigenvalue weighted by Gasteiger charge is 2.28. The minimum absolute atomic E-state index is 0.257. The first-order chi connectivity index (χ1) is 17.9. The molecule has 3 aromatic rings. The lowest BCUT2D eigenvalue weighted by Gasteiger charge is -2.30. The van der Waals surface area contributed by atoms with Crippen molar-refractivity contribution >= 4 is 58.3 Å². The van der Waals surface area contributed by atoms with Crippen LogP contribution in [0, 0.1) is 0 Å². The number of benzene rings is 3. The third-order valence-corrected chi connectivity index (χ3v) is 7.83. The predicted molar refractivity (Wildman–Crippen MR) is 154 cm³/mol. The summed E-state index contributed by atoms with van der Waals surface area (Å²) in [6.45, 7) is 4.35. The van der Waals surface area contributed by atoms with Gasteiger partial charge in [-0.15, -0.1) is 11.8 Å². The van der Waals surface area contributed by atoms with Crippen molar-refractivity contribution in [3.63, 3.8) is 0 Å². The maximum Gasteiger partial charge on any atom is 0.257 e. The number of hydrogen-bond donors (Lipinski definition) is 1. The number of amides is 1. The molecule has 0 spiro atoms. The molecule has 1 N–H and O–H groups in total. The third-order valence-electron chi connectivity index (χ3n) is 6.48. The van der Waals surface area contributed by atoms with E-state index in [-0.39, 0.29) is 5.91 Å². The number of carbonyl (C=O) groups excluding carboxylic acids is 2. The molecule has 0 atom stereocenters. The maximum atomic E-state index is 12.9. The van der Waals surface area contributed by atoms with E-state index in [1.54, 1.807) is 24.3 Å². The van der Waals surface area contributed by atoms with Crippen LogP contribution in [-0.2, 0) is 11.2 Å². The van der Waals surface area contributed by atoms with E-state index in [9.17, 15) is 9.59 Å². The summed E-state index contributed by atoms with van der Waals surface area (Å²) in [7, 11) is 0. The van der Waals surface area contributed by atoms with Gasteiger partial charge >= 0.3 is 0 Å². The van der Waals surface area contributed by atoms with Crippen LogP contribution >= 0.6 is 23.4 Å². The van der Waals surface area contributed by atoms with Gasteiger partial charge < -0.3 is 5.32 Å². The van der Waals surface area contributed by atoms with Gasteiger partial charge in [0.2, 0.25) is 0 Å². The standard InChI is InChI=1S/C30H28ClN3O2S/c1-19(2)37-25-15-13-24(14-16-25)34-29-21(10-12-23(18-35)33-34)8-7-20-9-11-22(17-27(20)29)32-30(36)26-5-3-4-6-28(26)31/h3-6,9,11,13-19H,7-8,10,12H2,1-2H3,(H,32,36). The summed E-state index contributed by atoms with van der Waals surface area (Å²) in [5.41, 5.74) is 7.02. The number of allylic oxidation sites excluding steroid dienone is 1. The first kappa shape index (κ1) is 25.3. The summed E-state index contributed by atoms with van der Waals surface area (Å²) >= 11 is 8.05. The summed E-state index contributed by atoms with van der Waals surface area (Å²) in [4.78, 5) is 25.9. The summed E-state index contributed by atoms with van der Waals surface area (Å²) in [5.74, 6) is -0.257. The van der Waals surface area contributed by atoms with Gasteiger partial charge in [-0.25, -0.2) is 5.01 Å². The van der Waals surface area contributed by atoms with Gasteiger partial charge in [-0.1, -0.05) is 43.6 Å². The van der Waals surface area contributed by atoms with Gasteiger partial charge in [0.05, 0.1) is 22.0 Å². The van der Waals surface area contributed by atoms with Crippen LogP contribution in [0.1, 0.15) is 54.6 Å². The number of carbonyl (C=O) groups is 2. The van der Waals surface area contributed by atoms with E-state index >= 15 is 0 Å². The summed E-state index contributed by atoms with van der Waals surface area (Å²) in [6.07, 6.45) is 4.06. The maximum absolute atomic E-state index is 12.9. The molecule has 5 nitrogen and oxygen atoms in total. The van der Waals surface area contributed by atoms with E-state index in [2.05, 4.69) is 49.5 Å². The molecule has 0 saturated heterocycles. The van der Waals surface area contributed by atoms with Crippen LogP contribution in [0.3, 0.4) is 0 Å². The van der Waals surface area contributed by atoms with Gasteiger partial charge in [0, 0.05) is 21.4 Å². The molecule has 0 saturated carbocycles. The highest BCUT2D eigenvalue weighted by atomic mass is 35.5. The summed E-state index contributed by atoms with van der Waals surface area (Å²) in [5, 5.41) is 10.6. The normalized spacial score (nSPS) is 15.0. The Morgan fingerprint density at radius 2 is 1.78 bits per heavy atom. The fourth-order valence-electron chi connectivity index (χ4n) is 4.75. The van der Waals surface area contributed by atoms with Crippen LogP contribution < -0.4 is 10.3 Å². The Morgan fingerprint density at radius 3 is 2.51 bits per heavy atom. The van der Waals surface area contributed by atoms with Crippen molar-refractivity contribution in [1.29, 1.82) is 0 Å². The van der Waals surface area contributed by atoms with Crippen molar-refractivity contribution < 1.29 is 9.59 Å². The molecule has 1 aliphatic heterocycles. The molecule has 188 valence electrons. The van der Waals surface area contributed by atoms with Crippen LogP contribution in [0.2, 0.25) is 5.02 Å². The number of anilines is 2. The fraction of sp³-hybridized carbons (Fsp3) is 0.233. The summed E-state index contributed by atoms with van der Waals surface area (Å²) in [6, 6.07) is 21.3. The van der Waals surface area contributed by atoms with Gasteiger partial charge in [0.15, 0.2) is 6.29 Å². The van der Waals surface area contributed by atoms with Gasteiger partial charge in [-0.2, -0.15) is 5.10 Å². The Bertz CT molecular complexity index is 1410. The zero-order chi connectivity index (χ0) is 25.9. The predicted octanol–water partition coefficient (Wildman–Crippen LogP) is 7.61. The van der Waals surface area contributed by atoms with E-state index in [1.165, 1.54) is 16.0 Å². The van der Waals surface area contributed by atoms with Crippen molar-refractivity contribution in [2.75, 3.05) is 10.3 Å². The number of halogens is 1. The molecule has 2 aliphatic rings. The fourth-order valence-corrected chi connectivity index (χ4v) is 5.81. The van der Waals surface area contributed by atoms with Crippen LogP contribution in [0.5, 0.6) is 0 Å². The highest BCUT2D eigenvalue weighted by molar-refractivity contribution is 7.99. The molecule has 37 heavy (non-hydrogen) atoms. The largest absolute Gasteiger partial charge is 0.322 e. The molecule has 3 aromatic carbocycles. The smallest absolute Gasteiger partial charge is 0.257 e. The van der Waals surface area contributed by atoms with Gasteiger partial charge in [0.1, 0.15) is 5.71 Å². The molecule has 0 aromatic heterocycles. The molecular formula is C30H28ClN3O2S. The van der Waals surface area contributed by atoms with Crippen molar-refractivity contribution in [2.24, 2.45) is 5.10 Å². The van der Waals surface area contributed by atoms with Crippen LogP contribution in [0.15, 0.2) is 82.3 Å². The number of nitrogens with one attached hydrogen (secondary N) is 1. The van der Waals surface area contributed by atoms with Crippen molar-refractivity contribution in [1.82, 2.24) is 0 Å². The Morgan fingerprint density at radius 1 is 1.03 bits per heavy atom. The number of rotatable bonds is 6. The number of nitrogens with zero attached hydrogens (tertiary/aromatic N) is 2. The molecule has 7 heteroatoms. The average Bonchev–Trinajstić information content (AvgIpc) is 3.09. The Kier molecular flexibility index (Phi) is 7.49. The van der Waals surface area contributed by atoms with E-state index in [0.717, 1.165) is 42.5 Å². The topological polar surface area (TPSA) is 61.8 Å². The van der Waals surface area contributed by atoms with E-state index in [1.807, 2.05) is 28.9 Å². The Hall–Kier alpha value is -3.35. The molecule has 0 unspecified atom stereocenters. The second-order valence-electron chi connectivity index (χ2n) is 9.44. The number of thioether (sulfide) groups is 1. The molecule has 1 aliphatic carbocycles. The molecule has 1 amide bonds. The molecule has 5 rings (SSSR count). The Balaban J connectivity index is 1.54. The van der Waals surface area contributed by atoms with Gasteiger partial charge in [-0.3, -0.25) is 9.59 Å². The monoisotopic (exact) mass is 529 g/mol. The van der Waals surface area contributed by atoms with Gasteiger partial charge in [-0.05, 0) is 85.4 Å². The van der Waals surface area contributed by atoms with Crippen molar-refractivity contribution in [3.05, 3.63) is 94.0 Å². The lowest BCUT2D eigenvalue weighted by molar-refractivity contribution is -0.102. The third kappa shape index (κ3) is 5.50. The second kappa shape index (κ2) is 11.0. The lowest BCUT2D eigenvalue weighted by Crippen LogP contribution is -2.21. The number of aryl methyl sites for hydroxylation is 1. The number of aldehydes is 1. The molecule has 0 radical (unpaired) electrons. The zero-order valence-corrected chi connectivity index (χ0v) is 22.4. The van der Waals surface area contributed by atoms with Crippen LogP contribution in [0.4, 0.5) is 11.4 Å². The Labute approximate surface area is 226 Å². The molecule has 1 heterocycles. The first-order valence-electron chi connectivity index (χ1n) is 12.4. The number of hydrogen-bond acceptors (Lipinski definition) is 5. The van der Waals surface area contributed by atoms with E-state index in [0.29, 0.717) is 33.7 Å². The summed E-state index contributed by atoms with van der Waals surface area (Å²) < 4.78 is 0. The molecule has 0 fully saturated rings. The number of hydrazone groups is 1. The van der Waals surface area contributed by atoms with E-state index in [4.69, 9.17) is 16.7 Å². The average molecular weight is 530 g/mol. The first-order valence-corrected chi connectivity index (χ1v) is 13.7. The van der Waals surface area contributed by atoms with E-state index < -0.39 is 0 Å². The lowest BCUT2D eigenvalue weighted by atomic mass is 9.86. The van der Waals surface area contributed by atoms with Gasteiger partial charge in [0.25, 0.3) is 5.91 Å².